The molecule has 0 fully saturated rings. The second-order valence-electron chi connectivity index (χ2n) is 5.69. The molecular weight excluding hydrogens is 375 g/mol. The van der Waals surface area contributed by atoms with Crippen molar-refractivity contribution in [1.29, 1.82) is 5.26 Å². The number of H-pyrrole nitrogens is 1. The number of carbonyl (C=O) groups is 1. The van der Waals surface area contributed by atoms with Crippen LogP contribution in [0.15, 0.2) is 42.4 Å². The fraction of sp³-hybridized carbons (Fsp3) is 0.111. The van der Waals surface area contributed by atoms with Crippen LogP contribution in [-0.4, -0.2) is 33.6 Å². The lowest BCUT2D eigenvalue weighted by Crippen LogP contribution is -2.19. The summed E-state index contributed by atoms with van der Waals surface area (Å²) in [5, 5.41) is 9.61. The molecule has 0 atom stereocenters. The number of aromatic nitrogens is 3. The number of primary amides is 1. The number of rotatable bonds is 5. The zero-order valence-corrected chi connectivity index (χ0v) is 14.1. The standard InChI is InChI=1S/C18H12F3N5O2/c19-18(20,21)9-28-15-2-1-10(6-24-15)12-4-14-13(3-11(5-22)16(23)27)8-26-17(14)25-7-12/h1-4,6-8H,9H2,(H2,23,27)(H,25,26). The summed E-state index contributed by atoms with van der Waals surface area (Å²) in [6.45, 7) is -1.42. The maximum Gasteiger partial charge on any atom is 0.422 e. The summed E-state index contributed by atoms with van der Waals surface area (Å²) in [5.74, 6) is -1.000. The number of pyridine rings is 2. The molecule has 0 saturated heterocycles. The molecule has 0 spiro atoms. The van der Waals surface area contributed by atoms with Crippen molar-refractivity contribution in [3.05, 3.63) is 47.9 Å². The predicted molar refractivity (Wildman–Crippen MR) is 93.7 cm³/mol. The van der Waals surface area contributed by atoms with E-state index < -0.39 is 18.7 Å². The Balaban J connectivity index is 1.91. The number of hydrogen-bond acceptors (Lipinski definition) is 5. The molecular formula is C18H12F3N5O2. The van der Waals surface area contributed by atoms with Gasteiger partial charge in [-0.3, -0.25) is 4.79 Å². The fourth-order valence-electron chi connectivity index (χ4n) is 2.41. The third-order valence-electron chi connectivity index (χ3n) is 3.70. The highest BCUT2D eigenvalue weighted by Crippen LogP contribution is 2.26. The van der Waals surface area contributed by atoms with Crippen molar-refractivity contribution in [2.24, 2.45) is 5.73 Å². The van der Waals surface area contributed by atoms with Crippen molar-refractivity contribution in [3.8, 4) is 23.1 Å². The van der Waals surface area contributed by atoms with E-state index in [1.54, 1.807) is 30.6 Å². The number of halogens is 3. The Labute approximate surface area is 156 Å². The Bertz CT molecular complexity index is 1100. The lowest BCUT2D eigenvalue weighted by molar-refractivity contribution is -0.154. The monoisotopic (exact) mass is 387 g/mol. The zero-order valence-electron chi connectivity index (χ0n) is 14.1. The van der Waals surface area contributed by atoms with E-state index in [0.29, 0.717) is 27.7 Å². The summed E-state index contributed by atoms with van der Waals surface area (Å²) in [5.41, 5.74) is 7.23. The van der Waals surface area contributed by atoms with Gasteiger partial charge in [0.1, 0.15) is 17.3 Å². The maximum absolute atomic E-state index is 12.2. The predicted octanol–water partition coefficient (Wildman–Crippen LogP) is 2.96. The van der Waals surface area contributed by atoms with Crippen LogP contribution in [0.2, 0.25) is 0 Å². The minimum Gasteiger partial charge on any atom is -0.468 e. The largest absolute Gasteiger partial charge is 0.468 e. The van der Waals surface area contributed by atoms with E-state index in [-0.39, 0.29) is 11.5 Å². The third-order valence-corrected chi connectivity index (χ3v) is 3.70. The molecule has 3 heterocycles. The summed E-state index contributed by atoms with van der Waals surface area (Å²) < 4.78 is 41.1. The van der Waals surface area contributed by atoms with Crippen LogP contribution < -0.4 is 10.5 Å². The molecule has 3 aromatic rings. The van der Waals surface area contributed by atoms with Gasteiger partial charge in [0.05, 0.1) is 0 Å². The van der Waals surface area contributed by atoms with Crippen molar-refractivity contribution < 1.29 is 22.7 Å². The van der Waals surface area contributed by atoms with E-state index in [9.17, 15) is 18.0 Å². The Hall–Kier alpha value is -3.87. The number of nitriles is 1. The van der Waals surface area contributed by atoms with Crippen molar-refractivity contribution in [1.82, 2.24) is 15.0 Å². The van der Waals surface area contributed by atoms with E-state index in [1.807, 2.05) is 0 Å². The molecule has 28 heavy (non-hydrogen) atoms. The smallest absolute Gasteiger partial charge is 0.422 e. The molecule has 3 rings (SSSR count). The Morgan fingerprint density at radius 1 is 1.29 bits per heavy atom. The molecule has 0 aliphatic heterocycles. The lowest BCUT2D eigenvalue weighted by atomic mass is 10.1. The van der Waals surface area contributed by atoms with Gasteiger partial charge in [0.2, 0.25) is 5.88 Å². The van der Waals surface area contributed by atoms with E-state index in [2.05, 4.69) is 19.7 Å². The Kier molecular flexibility index (Phi) is 5.00. The van der Waals surface area contributed by atoms with Gasteiger partial charge >= 0.3 is 6.18 Å². The second-order valence-corrected chi connectivity index (χ2v) is 5.69. The highest BCUT2D eigenvalue weighted by atomic mass is 19.4. The van der Waals surface area contributed by atoms with E-state index >= 15 is 0 Å². The van der Waals surface area contributed by atoms with Crippen molar-refractivity contribution in [2.45, 2.75) is 6.18 Å². The molecule has 0 aliphatic rings. The van der Waals surface area contributed by atoms with Crippen LogP contribution in [-0.2, 0) is 4.79 Å². The first-order chi connectivity index (χ1) is 13.3. The molecule has 7 nitrogen and oxygen atoms in total. The molecule has 0 radical (unpaired) electrons. The van der Waals surface area contributed by atoms with Gasteiger partial charge < -0.3 is 15.5 Å². The van der Waals surface area contributed by atoms with Gasteiger partial charge in [-0.1, -0.05) is 0 Å². The number of nitrogens with zero attached hydrogens (tertiary/aromatic N) is 3. The van der Waals surface area contributed by atoms with Gasteiger partial charge in [-0.15, -0.1) is 0 Å². The van der Waals surface area contributed by atoms with Crippen molar-refractivity contribution >= 4 is 23.0 Å². The Morgan fingerprint density at radius 3 is 2.64 bits per heavy atom. The number of fused-ring (bicyclic) bond motifs is 1. The molecule has 0 aromatic carbocycles. The molecule has 1 amide bonds. The molecule has 0 saturated carbocycles. The molecule has 0 aliphatic carbocycles. The van der Waals surface area contributed by atoms with Crippen LogP contribution in [0, 0.1) is 11.3 Å². The minimum absolute atomic E-state index is 0.152. The normalized spacial score (nSPS) is 12.0. The topological polar surface area (TPSA) is 118 Å². The second kappa shape index (κ2) is 7.40. The number of ether oxygens (including phenoxy) is 1. The maximum atomic E-state index is 12.2. The lowest BCUT2D eigenvalue weighted by Gasteiger charge is -2.08. The third kappa shape index (κ3) is 4.27. The summed E-state index contributed by atoms with van der Waals surface area (Å²) in [7, 11) is 0. The van der Waals surface area contributed by atoms with Gasteiger partial charge in [-0.25, -0.2) is 9.97 Å². The number of alkyl halides is 3. The summed E-state index contributed by atoms with van der Waals surface area (Å²) in [6, 6.07) is 6.34. The van der Waals surface area contributed by atoms with Crippen LogP contribution in [0.25, 0.3) is 28.2 Å². The molecule has 0 unspecified atom stereocenters. The van der Waals surface area contributed by atoms with E-state index in [4.69, 9.17) is 11.0 Å². The van der Waals surface area contributed by atoms with E-state index in [0.717, 1.165) is 0 Å². The van der Waals surface area contributed by atoms with Gasteiger partial charge in [0.25, 0.3) is 5.91 Å². The average Bonchev–Trinajstić information content (AvgIpc) is 3.06. The zero-order chi connectivity index (χ0) is 20.3. The molecule has 3 N–H and O–H groups in total. The van der Waals surface area contributed by atoms with Crippen molar-refractivity contribution in [3.63, 3.8) is 0 Å². The number of amides is 1. The number of aromatic amines is 1. The van der Waals surface area contributed by atoms with Gasteiger partial charge in [0, 0.05) is 46.7 Å². The van der Waals surface area contributed by atoms with Gasteiger partial charge in [-0.05, 0) is 18.2 Å². The molecule has 10 heteroatoms. The molecule has 3 aromatic heterocycles. The molecule has 142 valence electrons. The van der Waals surface area contributed by atoms with Crippen LogP contribution in [0.1, 0.15) is 5.56 Å². The highest BCUT2D eigenvalue weighted by Gasteiger charge is 2.28. The fourth-order valence-corrected chi connectivity index (χ4v) is 2.41. The van der Waals surface area contributed by atoms with E-state index in [1.165, 1.54) is 18.3 Å². The van der Waals surface area contributed by atoms with Crippen LogP contribution in [0.4, 0.5) is 13.2 Å². The first-order valence-corrected chi connectivity index (χ1v) is 7.81. The number of hydrogen-bond donors (Lipinski definition) is 2. The van der Waals surface area contributed by atoms with Crippen molar-refractivity contribution in [2.75, 3.05) is 6.61 Å². The summed E-state index contributed by atoms with van der Waals surface area (Å²) >= 11 is 0. The van der Waals surface area contributed by atoms with Crippen LogP contribution >= 0.6 is 0 Å². The number of nitrogens with one attached hydrogen (secondary N) is 1. The summed E-state index contributed by atoms with van der Waals surface area (Å²) in [6.07, 6.45) is 1.40. The number of nitrogens with two attached hydrogens (primary N) is 1. The summed E-state index contributed by atoms with van der Waals surface area (Å²) in [4.78, 5) is 22.3. The minimum atomic E-state index is -4.44. The average molecular weight is 387 g/mol. The first kappa shape index (κ1) is 18.9. The van der Waals surface area contributed by atoms with Crippen LogP contribution in [0.5, 0.6) is 5.88 Å². The SMILES string of the molecule is N#CC(=Cc1c[nH]c2ncc(-c3ccc(OCC(F)(F)F)nc3)cc12)C(N)=O. The van der Waals surface area contributed by atoms with Gasteiger partial charge in [-0.2, -0.15) is 18.4 Å². The first-order valence-electron chi connectivity index (χ1n) is 7.81. The van der Waals surface area contributed by atoms with Gasteiger partial charge in [0.15, 0.2) is 6.61 Å². The highest BCUT2D eigenvalue weighted by molar-refractivity contribution is 6.03. The quantitative estimate of drug-likeness (QED) is 0.515. The van der Waals surface area contributed by atoms with Crippen LogP contribution in [0.3, 0.4) is 0 Å². The Morgan fingerprint density at radius 2 is 2.04 bits per heavy atom. The molecule has 0 bridgehead atoms. The number of carbonyl (C=O) groups excluding carboxylic acids is 1.